The fourth-order valence-corrected chi connectivity index (χ4v) is 2.74. The summed E-state index contributed by atoms with van der Waals surface area (Å²) < 4.78 is 0. The molecule has 0 radical (unpaired) electrons. The van der Waals surface area contributed by atoms with Crippen molar-refractivity contribution in [1.82, 2.24) is 9.80 Å². The molecule has 1 aliphatic heterocycles. The summed E-state index contributed by atoms with van der Waals surface area (Å²) >= 11 is 0. The zero-order valence-corrected chi connectivity index (χ0v) is 12.9. The Bertz CT molecular complexity index is 510. The molecule has 0 saturated carbocycles. The van der Waals surface area contributed by atoms with Crippen molar-refractivity contribution in [2.45, 2.75) is 19.3 Å². The Morgan fingerprint density at radius 2 is 1.95 bits per heavy atom. The Hall–Kier alpha value is -1.86. The Balaban J connectivity index is 1.83. The fourth-order valence-electron chi connectivity index (χ4n) is 2.74. The number of nitriles is 1. The first-order valence-corrected chi connectivity index (χ1v) is 7.50. The minimum absolute atomic E-state index is 0.152. The van der Waals surface area contributed by atoms with Crippen LogP contribution in [0.4, 0.5) is 0 Å². The SMILES string of the molecule is CN1CCC(CN(C)C(=O)Cc2ccc(C#N)cc2)CC1. The predicted octanol–water partition coefficient (Wildman–Crippen LogP) is 1.90. The molecule has 0 atom stereocenters. The van der Waals surface area contributed by atoms with Crippen LogP contribution in [0.2, 0.25) is 0 Å². The standard InChI is InChI=1S/C17H23N3O/c1-19-9-7-16(8-10-19)13-20(2)17(21)11-14-3-5-15(12-18)6-4-14/h3-6,16H,7-11,13H2,1-2H3. The maximum absolute atomic E-state index is 12.3. The summed E-state index contributed by atoms with van der Waals surface area (Å²) in [5.74, 6) is 0.773. The second-order valence-corrected chi connectivity index (χ2v) is 6.01. The highest BCUT2D eigenvalue weighted by atomic mass is 16.2. The second kappa shape index (κ2) is 7.24. The molecule has 1 heterocycles. The van der Waals surface area contributed by atoms with E-state index in [2.05, 4.69) is 18.0 Å². The molecular weight excluding hydrogens is 262 g/mol. The van der Waals surface area contributed by atoms with Crippen LogP contribution in [-0.4, -0.2) is 49.4 Å². The van der Waals surface area contributed by atoms with Gasteiger partial charge < -0.3 is 9.80 Å². The van der Waals surface area contributed by atoms with E-state index in [-0.39, 0.29) is 5.91 Å². The van der Waals surface area contributed by atoms with Crippen LogP contribution < -0.4 is 0 Å². The van der Waals surface area contributed by atoms with Gasteiger partial charge in [-0.25, -0.2) is 0 Å². The molecule has 1 fully saturated rings. The van der Waals surface area contributed by atoms with Gasteiger partial charge in [-0.3, -0.25) is 4.79 Å². The smallest absolute Gasteiger partial charge is 0.226 e. The predicted molar refractivity (Wildman–Crippen MR) is 82.7 cm³/mol. The molecule has 1 aromatic carbocycles. The molecule has 2 rings (SSSR count). The number of nitrogens with zero attached hydrogens (tertiary/aromatic N) is 3. The molecule has 1 amide bonds. The molecule has 4 nitrogen and oxygen atoms in total. The molecule has 1 saturated heterocycles. The summed E-state index contributed by atoms with van der Waals surface area (Å²) in [6.45, 7) is 3.10. The van der Waals surface area contributed by atoms with Crippen LogP contribution in [0, 0.1) is 17.2 Å². The third-order valence-corrected chi connectivity index (χ3v) is 4.23. The van der Waals surface area contributed by atoms with Crippen molar-refractivity contribution >= 4 is 5.91 Å². The number of amides is 1. The number of hydrogen-bond donors (Lipinski definition) is 0. The number of benzene rings is 1. The molecule has 0 aromatic heterocycles. The monoisotopic (exact) mass is 285 g/mol. The summed E-state index contributed by atoms with van der Waals surface area (Å²) in [5, 5.41) is 8.77. The van der Waals surface area contributed by atoms with Gasteiger partial charge in [0.2, 0.25) is 5.91 Å². The van der Waals surface area contributed by atoms with Crippen molar-refractivity contribution < 1.29 is 4.79 Å². The third kappa shape index (κ3) is 4.57. The zero-order chi connectivity index (χ0) is 15.2. The quantitative estimate of drug-likeness (QED) is 0.849. The lowest BCUT2D eigenvalue weighted by molar-refractivity contribution is -0.129. The lowest BCUT2D eigenvalue weighted by atomic mass is 9.96. The van der Waals surface area contributed by atoms with Gasteiger partial charge >= 0.3 is 0 Å². The van der Waals surface area contributed by atoms with Crippen LogP contribution in [0.5, 0.6) is 0 Å². The van der Waals surface area contributed by atoms with Gasteiger partial charge in [0.15, 0.2) is 0 Å². The lowest BCUT2D eigenvalue weighted by Gasteiger charge is -2.31. The molecule has 0 aliphatic carbocycles. The normalized spacial score (nSPS) is 16.4. The summed E-state index contributed by atoms with van der Waals surface area (Å²) in [4.78, 5) is 16.5. The lowest BCUT2D eigenvalue weighted by Crippen LogP contribution is -2.38. The number of piperidine rings is 1. The maximum Gasteiger partial charge on any atom is 0.226 e. The van der Waals surface area contributed by atoms with Crippen molar-refractivity contribution in [3.8, 4) is 6.07 Å². The molecule has 21 heavy (non-hydrogen) atoms. The molecule has 0 N–H and O–H groups in total. The number of carbonyl (C=O) groups excluding carboxylic acids is 1. The Kier molecular flexibility index (Phi) is 5.35. The number of likely N-dealkylation sites (N-methyl/N-ethyl adjacent to an activating group) is 1. The van der Waals surface area contributed by atoms with Gasteiger partial charge in [-0.2, -0.15) is 5.26 Å². The first kappa shape index (κ1) is 15.5. The molecular formula is C17H23N3O. The van der Waals surface area contributed by atoms with Gasteiger partial charge in [0.05, 0.1) is 18.1 Å². The molecule has 0 unspecified atom stereocenters. The summed E-state index contributed by atoms with van der Waals surface area (Å²) in [6, 6.07) is 9.34. The number of hydrogen-bond acceptors (Lipinski definition) is 3. The minimum atomic E-state index is 0.152. The van der Waals surface area contributed by atoms with Crippen LogP contribution in [0.3, 0.4) is 0 Å². The molecule has 1 aliphatic rings. The van der Waals surface area contributed by atoms with E-state index in [4.69, 9.17) is 5.26 Å². The molecule has 0 spiro atoms. The Labute approximate surface area is 127 Å². The highest BCUT2D eigenvalue weighted by Crippen LogP contribution is 2.17. The largest absolute Gasteiger partial charge is 0.345 e. The van der Waals surface area contributed by atoms with Gasteiger partial charge in [0.1, 0.15) is 0 Å². The molecule has 4 heteroatoms. The maximum atomic E-state index is 12.3. The first-order valence-electron chi connectivity index (χ1n) is 7.50. The van der Waals surface area contributed by atoms with E-state index < -0.39 is 0 Å². The fraction of sp³-hybridized carbons (Fsp3) is 0.529. The first-order chi connectivity index (χ1) is 10.1. The van der Waals surface area contributed by atoms with Gasteiger partial charge in [-0.15, -0.1) is 0 Å². The Morgan fingerprint density at radius 3 is 2.52 bits per heavy atom. The number of carbonyl (C=O) groups is 1. The minimum Gasteiger partial charge on any atom is -0.345 e. The average molecular weight is 285 g/mol. The van der Waals surface area contributed by atoms with Crippen molar-refractivity contribution in [2.24, 2.45) is 5.92 Å². The molecule has 0 bridgehead atoms. The summed E-state index contributed by atoms with van der Waals surface area (Å²) in [6.07, 6.45) is 2.75. The van der Waals surface area contributed by atoms with Crippen LogP contribution in [-0.2, 0) is 11.2 Å². The highest BCUT2D eigenvalue weighted by molar-refractivity contribution is 5.78. The molecule has 112 valence electrons. The van der Waals surface area contributed by atoms with Gasteiger partial charge in [-0.05, 0) is 56.6 Å². The van der Waals surface area contributed by atoms with E-state index in [9.17, 15) is 4.79 Å². The van der Waals surface area contributed by atoms with E-state index in [1.807, 2.05) is 24.1 Å². The van der Waals surface area contributed by atoms with Gasteiger partial charge in [-0.1, -0.05) is 12.1 Å². The third-order valence-electron chi connectivity index (χ3n) is 4.23. The summed E-state index contributed by atoms with van der Waals surface area (Å²) in [5.41, 5.74) is 1.60. The van der Waals surface area contributed by atoms with Crippen LogP contribution in [0.25, 0.3) is 0 Å². The number of likely N-dealkylation sites (tertiary alicyclic amines) is 1. The topological polar surface area (TPSA) is 47.3 Å². The zero-order valence-electron chi connectivity index (χ0n) is 12.9. The van der Waals surface area contributed by atoms with Crippen LogP contribution in [0.1, 0.15) is 24.0 Å². The van der Waals surface area contributed by atoms with Crippen LogP contribution >= 0.6 is 0 Å². The second-order valence-electron chi connectivity index (χ2n) is 6.01. The van der Waals surface area contributed by atoms with E-state index in [1.165, 1.54) is 12.8 Å². The van der Waals surface area contributed by atoms with Crippen molar-refractivity contribution in [1.29, 1.82) is 5.26 Å². The summed E-state index contributed by atoms with van der Waals surface area (Å²) in [7, 11) is 4.04. The van der Waals surface area contributed by atoms with E-state index in [0.717, 1.165) is 25.2 Å². The Morgan fingerprint density at radius 1 is 1.33 bits per heavy atom. The molecule has 1 aromatic rings. The van der Waals surface area contributed by atoms with Crippen LogP contribution in [0.15, 0.2) is 24.3 Å². The highest BCUT2D eigenvalue weighted by Gasteiger charge is 2.20. The van der Waals surface area contributed by atoms with E-state index >= 15 is 0 Å². The van der Waals surface area contributed by atoms with Crippen molar-refractivity contribution in [2.75, 3.05) is 33.7 Å². The van der Waals surface area contributed by atoms with E-state index in [1.54, 1.807) is 12.1 Å². The van der Waals surface area contributed by atoms with E-state index in [0.29, 0.717) is 17.9 Å². The van der Waals surface area contributed by atoms with Gasteiger partial charge in [0.25, 0.3) is 0 Å². The number of rotatable bonds is 4. The van der Waals surface area contributed by atoms with Gasteiger partial charge in [0, 0.05) is 13.6 Å². The average Bonchev–Trinajstić information content (AvgIpc) is 2.50. The van der Waals surface area contributed by atoms with Crippen molar-refractivity contribution in [3.63, 3.8) is 0 Å². The van der Waals surface area contributed by atoms with Crippen molar-refractivity contribution in [3.05, 3.63) is 35.4 Å².